The van der Waals surface area contributed by atoms with E-state index in [9.17, 15) is 24.0 Å². The van der Waals surface area contributed by atoms with E-state index >= 15 is 0 Å². The summed E-state index contributed by atoms with van der Waals surface area (Å²) < 4.78 is 25.9. The van der Waals surface area contributed by atoms with E-state index in [0.717, 1.165) is 0 Å². The largest absolute Gasteiger partial charge is 0.469 e. The van der Waals surface area contributed by atoms with E-state index in [-0.39, 0.29) is 36.8 Å². The van der Waals surface area contributed by atoms with Gasteiger partial charge in [0.15, 0.2) is 0 Å². The lowest BCUT2D eigenvalue weighted by molar-refractivity contribution is -0.149. The van der Waals surface area contributed by atoms with Gasteiger partial charge in [-0.2, -0.15) is 0 Å². The highest BCUT2D eigenvalue weighted by atomic mass is 16.5. The van der Waals surface area contributed by atoms with Gasteiger partial charge >= 0.3 is 23.9 Å². The SMILES string of the molecule is COC(=O)CCC(C(=O)OC)N1CCNCCN(C(CCC(=O)OC)C(=O)OC)CCN(Cc2ccc3c(=O)c4ccccc4oc3n2)CC1. The molecule has 2 aromatic heterocycles. The minimum absolute atomic E-state index is 0.0558. The van der Waals surface area contributed by atoms with Crippen molar-refractivity contribution < 1.29 is 42.5 Å². The van der Waals surface area contributed by atoms with Gasteiger partial charge in [0, 0.05) is 71.7 Å². The molecule has 0 spiro atoms. The average molecular weight is 698 g/mol. The lowest BCUT2D eigenvalue weighted by Gasteiger charge is -2.35. The fraction of sp³-hybridized carbons (Fsp3) is 0.543. The van der Waals surface area contributed by atoms with Crippen LogP contribution in [0, 0.1) is 0 Å². The molecule has 0 radical (unpaired) electrons. The minimum atomic E-state index is -0.675. The third kappa shape index (κ3) is 10.3. The van der Waals surface area contributed by atoms with Crippen molar-refractivity contribution in [3.8, 4) is 0 Å². The first kappa shape index (κ1) is 38.4. The molecule has 0 bridgehead atoms. The van der Waals surface area contributed by atoms with Crippen molar-refractivity contribution in [2.75, 3.05) is 80.8 Å². The zero-order chi connectivity index (χ0) is 36.0. The van der Waals surface area contributed by atoms with Crippen LogP contribution in [0.1, 0.15) is 31.4 Å². The maximum absolute atomic E-state index is 13.1. The van der Waals surface area contributed by atoms with Crippen LogP contribution in [0.15, 0.2) is 45.6 Å². The summed E-state index contributed by atoms with van der Waals surface area (Å²) in [5.41, 5.74) is 1.18. The van der Waals surface area contributed by atoms with Gasteiger partial charge in [0.25, 0.3) is 0 Å². The summed E-state index contributed by atoms with van der Waals surface area (Å²) in [4.78, 5) is 73.9. The topological polar surface area (TPSA) is 170 Å². The molecule has 2 unspecified atom stereocenters. The van der Waals surface area contributed by atoms with Gasteiger partial charge in [-0.3, -0.25) is 38.7 Å². The number of para-hydroxylation sites is 1. The minimum Gasteiger partial charge on any atom is -0.469 e. The zero-order valence-corrected chi connectivity index (χ0v) is 29.2. The van der Waals surface area contributed by atoms with Crippen molar-refractivity contribution in [1.82, 2.24) is 25.0 Å². The molecule has 272 valence electrons. The van der Waals surface area contributed by atoms with Crippen LogP contribution < -0.4 is 10.7 Å². The van der Waals surface area contributed by atoms with E-state index in [1.54, 1.807) is 36.4 Å². The number of fused-ring (bicyclic) bond motifs is 2. The van der Waals surface area contributed by atoms with Crippen LogP contribution in [-0.2, 0) is 44.7 Å². The summed E-state index contributed by atoms with van der Waals surface area (Å²) in [5, 5.41) is 4.25. The third-order valence-corrected chi connectivity index (χ3v) is 8.97. The molecule has 3 heterocycles. The number of benzene rings is 1. The molecule has 4 rings (SSSR count). The summed E-state index contributed by atoms with van der Waals surface area (Å²) in [5.74, 6) is -1.71. The van der Waals surface area contributed by atoms with Crippen LogP contribution in [-0.4, -0.2) is 136 Å². The molecule has 1 N–H and O–H groups in total. The van der Waals surface area contributed by atoms with Crippen molar-refractivity contribution in [3.63, 3.8) is 0 Å². The Labute approximate surface area is 290 Å². The van der Waals surface area contributed by atoms with Gasteiger partial charge in [-0.15, -0.1) is 0 Å². The number of esters is 4. The van der Waals surface area contributed by atoms with Gasteiger partial charge in [-0.05, 0) is 37.1 Å². The van der Waals surface area contributed by atoms with Gasteiger partial charge in [0.05, 0.1) is 44.9 Å². The second-order valence-electron chi connectivity index (χ2n) is 12.0. The number of methoxy groups -OCH3 is 4. The first-order valence-corrected chi connectivity index (χ1v) is 16.7. The van der Waals surface area contributed by atoms with Crippen LogP contribution in [0.2, 0.25) is 0 Å². The Kier molecular flexibility index (Phi) is 14.6. The Hall–Kier alpha value is -4.44. The molecule has 0 saturated carbocycles. The number of ether oxygens (including phenoxy) is 4. The van der Waals surface area contributed by atoms with Crippen LogP contribution in [0.5, 0.6) is 0 Å². The van der Waals surface area contributed by atoms with E-state index in [0.29, 0.717) is 81.0 Å². The quantitative estimate of drug-likeness (QED) is 0.163. The lowest BCUT2D eigenvalue weighted by atomic mass is 10.1. The second-order valence-corrected chi connectivity index (χ2v) is 12.0. The highest BCUT2D eigenvalue weighted by molar-refractivity contribution is 5.88. The maximum Gasteiger partial charge on any atom is 0.323 e. The number of carbonyl (C=O) groups excluding carboxylic acids is 4. The number of pyridine rings is 1. The summed E-state index contributed by atoms with van der Waals surface area (Å²) in [7, 11) is 5.28. The summed E-state index contributed by atoms with van der Waals surface area (Å²) in [6, 6.07) is 9.20. The fourth-order valence-electron chi connectivity index (χ4n) is 6.15. The molecule has 15 nitrogen and oxygen atoms in total. The van der Waals surface area contributed by atoms with E-state index in [2.05, 4.69) is 10.2 Å². The van der Waals surface area contributed by atoms with Crippen molar-refractivity contribution >= 4 is 45.9 Å². The van der Waals surface area contributed by atoms with Crippen LogP contribution in [0.25, 0.3) is 22.1 Å². The molecular formula is C35H47N5O10. The van der Waals surface area contributed by atoms with Gasteiger partial charge in [0.2, 0.25) is 11.1 Å². The Bertz CT molecular complexity index is 1630. The Morgan fingerprint density at radius 1 is 0.740 bits per heavy atom. The van der Waals surface area contributed by atoms with Crippen molar-refractivity contribution in [2.24, 2.45) is 0 Å². The van der Waals surface area contributed by atoms with Gasteiger partial charge in [-0.25, -0.2) is 4.98 Å². The number of hydrogen-bond donors (Lipinski definition) is 1. The number of hydrogen-bond acceptors (Lipinski definition) is 15. The molecule has 1 saturated heterocycles. The first-order chi connectivity index (χ1) is 24.2. The van der Waals surface area contributed by atoms with E-state index in [1.807, 2.05) is 9.80 Å². The first-order valence-electron chi connectivity index (χ1n) is 16.7. The average Bonchev–Trinajstić information content (AvgIpc) is 3.13. The summed E-state index contributed by atoms with van der Waals surface area (Å²) in [6.07, 6.45) is 0.571. The van der Waals surface area contributed by atoms with E-state index in [4.69, 9.17) is 28.3 Å². The highest BCUT2D eigenvalue weighted by Crippen LogP contribution is 2.19. The van der Waals surface area contributed by atoms with Crippen LogP contribution in [0.4, 0.5) is 0 Å². The van der Waals surface area contributed by atoms with Gasteiger partial charge < -0.3 is 28.7 Å². The predicted octanol–water partition coefficient (Wildman–Crippen LogP) is 1.34. The smallest absolute Gasteiger partial charge is 0.323 e. The molecule has 2 atom stereocenters. The highest BCUT2D eigenvalue weighted by Gasteiger charge is 2.30. The molecule has 15 heteroatoms. The van der Waals surface area contributed by atoms with E-state index in [1.165, 1.54) is 28.4 Å². The van der Waals surface area contributed by atoms with Crippen molar-refractivity contribution in [1.29, 1.82) is 0 Å². The maximum atomic E-state index is 13.1. The third-order valence-electron chi connectivity index (χ3n) is 8.97. The normalized spacial score (nSPS) is 16.9. The summed E-state index contributed by atoms with van der Waals surface area (Å²) in [6.45, 7) is 4.19. The monoisotopic (exact) mass is 697 g/mol. The van der Waals surface area contributed by atoms with Crippen LogP contribution >= 0.6 is 0 Å². The van der Waals surface area contributed by atoms with Gasteiger partial charge in [0.1, 0.15) is 17.7 Å². The number of rotatable bonds is 12. The Morgan fingerprint density at radius 2 is 1.30 bits per heavy atom. The number of nitrogens with zero attached hydrogens (tertiary/aromatic N) is 4. The molecular weight excluding hydrogens is 650 g/mol. The van der Waals surface area contributed by atoms with Crippen molar-refractivity contribution in [2.45, 2.75) is 44.3 Å². The molecule has 50 heavy (non-hydrogen) atoms. The fourth-order valence-corrected chi connectivity index (χ4v) is 6.15. The molecule has 1 fully saturated rings. The molecule has 3 aromatic rings. The standard InChI is InChI=1S/C35H47N5O10/c1-46-30(41)13-11-27(34(44)48-3)39-17-15-36-16-18-40(28(35(45)49-4)12-14-31(42)47-2)22-20-38(19-21-39)23-24-9-10-26-32(43)25-7-5-6-8-29(25)50-33(26)37-24/h5-10,27-28,36H,11-23H2,1-4H3. The zero-order valence-electron chi connectivity index (χ0n) is 29.2. The molecule has 0 aliphatic carbocycles. The summed E-state index contributed by atoms with van der Waals surface area (Å²) >= 11 is 0. The molecule has 1 aliphatic rings. The van der Waals surface area contributed by atoms with Gasteiger partial charge in [-0.1, -0.05) is 12.1 Å². The predicted molar refractivity (Wildman–Crippen MR) is 183 cm³/mol. The van der Waals surface area contributed by atoms with Crippen molar-refractivity contribution in [3.05, 3.63) is 52.3 Å². The second kappa shape index (κ2) is 19.1. The molecule has 1 aliphatic heterocycles. The lowest BCUT2D eigenvalue weighted by Crippen LogP contribution is -2.52. The number of nitrogens with one attached hydrogen (secondary N) is 1. The van der Waals surface area contributed by atoms with E-state index < -0.39 is 36.0 Å². The Balaban J connectivity index is 1.64. The van der Waals surface area contributed by atoms with Crippen LogP contribution in [0.3, 0.4) is 0 Å². The molecule has 0 amide bonds. The molecule has 1 aromatic carbocycles. The number of aromatic nitrogens is 1. The number of carbonyl (C=O) groups is 4. The Morgan fingerprint density at radius 3 is 1.84 bits per heavy atom.